The zero-order chi connectivity index (χ0) is 28.6. The van der Waals surface area contributed by atoms with E-state index in [1.807, 2.05) is 0 Å². The molecule has 39 heavy (non-hydrogen) atoms. The van der Waals surface area contributed by atoms with E-state index in [0.29, 0.717) is 45.3 Å². The molecule has 0 aromatic rings. The maximum Gasteiger partial charge on any atom is 0.107 e. The second kappa shape index (κ2) is 10.2. The first-order chi connectivity index (χ1) is 18.2. The Kier molecular flexibility index (Phi) is 7.95. The molecule has 0 radical (unpaired) electrons. The number of aliphatic hydroxyl groups excluding tert-OH is 3. The molecule has 0 aromatic heterocycles. The van der Waals surface area contributed by atoms with Crippen LogP contribution < -0.4 is 5.73 Å². The second-order valence-electron chi connectivity index (χ2n) is 17.2. The maximum atomic E-state index is 10.5. The molecule has 0 amide bonds. The minimum atomic E-state index is -1.14. The van der Waals surface area contributed by atoms with E-state index in [1.54, 1.807) is 0 Å². The Hall–Kier alpha value is -0.160. The summed E-state index contributed by atoms with van der Waals surface area (Å²) >= 11 is 0. The predicted octanol–water partition coefficient (Wildman–Crippen LogP) is 6.94. The molecule has 0 heterocycles. The summed E-state index contributed by atoms with van der Waals surface area (Å²) in [5, 5.41) is 30.6. The first-order valence-corrected chi connectivity index (χ1v) is 16.9. The largest absolute Gasteiger partial charge is 0.390 e. The van der Waals surface area contributed by atoms with Crippen LogP contribution in [0.2, 0.25) is 0 Å². The highest BCUT2D eigenvalue weighted by Crippen LogP contribution is 2.78. The average molecular weight is 546 g/mol. The number of nitrogens with two attached hydrogens (primary N) is 1. The highest BCUT2D eigenvalue weighted by molar-refractivity contribution is 5.19. The van der Waals surface area contributed by atoms with E-state index in [0.717, 1.165) is 30.1 Å². The highest BCUT2D eigenvalue weighted by Gasteiger charge is 2.70. The van der Waals surface area contributed by atoms with Crippen molar-refractivity contribution in [3.05, 3.63) is 0 Å². The topological polar surface area (TPSA) is 86.7 Å². The van der Waals surface area contributed by atoms with Crippen molar-refractivity contribution in [3.8, 4) is 0 Å². The van der Waals surface area contributed by atoms with Crippen LogP contribution in [0.4, 0.5) is 0 Å². The lowest BCUT2D eigenvalue weighted by Gasteiger charge is -2.73. The molecule has 226 valence electrons. The number of fused-ring (bicyclic) bond motifs is 7. The Bertz CT molecular complexity index is 891. The predicted molar refractivity (Wildman–Crippen MR) is 160 cm³/mol. The molecular weight excluding hydrogens is 482 g/mol. The molecule has 0 bridgehead atoms. The Labute approximate surface area is 240 Å². The summed E-state index contributed by atoms with van der Waals surface area (Å²) in [6.07, 6.45) is 13.8. The highest BCUT2D eigenvalue weighted by atomic mass is 16.4. The molecule has 0 aromatic carbocycles. The standard InChI is InChI=1S/C35H63NO3/c1-22(9-10-25(37)30(39)26(38)21-36)23-13-18-32(4)24(23)14-19-34(6)28(32)11-12-29-33(5)17-8-16-31(2,3)27(33)15-20-35(29,34)7/h22-30,37-39H,8-21,36H2,1-7H3/t22?,23-,24?,25?,26?,27?,28?,29?,30?,32+,33+,34-,35-/m1/s1. The zero-order valence-corrected chi connectivity index (χ0v) is 26.5. The Balaban J connectivity index is 1.33. The van der Waals surface area contributed by atoms with Crippen LogP contribution in [0.15, 0.2) is 0 Å². The smallest absolute Gasteiger partial charge is 0.107 e. The van der Waals surface area contributed by atoms with E-state index in [-0.39, 0.29) is 6.54 Å². The fourth-order valence-corrected chi connectivity index (χ4v) is 13.2. The van der Waals surface area contributed by atoms with Crippen LogP contribution in [-0.2, 0) is 0 Å². The quantitative estimate of drug-likeness (QED) is 0.279. The van der Waals surface area contributed by atoms with E-state index in [4.69, 9.17) is 5.73 Å². The summed E-state index contributed by atoms with van der Waals surface area (Å²) in [6.45, 7) is 18.4. The van der Waals surface area contributed by atoms with Crippen molar-refractivity contribution >= 4 is 0 Å². The van der Waals surface area contributed by atoms with Gasteiger partial charge in [-0.3, -0.25) is 0 Å². The van der Waals surface area contributed by atoms with Gasteiger partial charge in [0.25, 0.3) is 0 Å². The van der Waals surface area contributed by atoms with Crippen LogP contribution in [0.3, 0.4) is 0 Å². The summed E-state index contributed by atoms with van der Waals surface area (Å²) in [7, 11) is 0. The van der Waals surface area contributed by atoms with Crippen LogP contribution in [0, 0.1) is 62.6 Å². The minimum absolute atomic E-state index is 0.0195. The molecule has 0 aliphatic heterocycles. The van der Waals surface area contributed by atoms with Gasteiger partial charge >= 0.3 is 0 Å². The molecule has 4 nitrogen and oxygen atoms in total. The molecule has 5 aliphatic rings. The van der Waals surface area contributed by atoms with Gasteiger partial charge in [0, 0.05) is 6.54 Å². The van der Waals surface area contributed by atoms with Gasteiger partial charge in [-0.05, 0) is 140 Å². The number of aliphatic hydroxyl groups is 3. The van der Waals surface area contributed by atoms with Crippen LogP contribution >= 0.6 is 0 Å². The molecule has 5 N–H and O–H groups in total. The average Bonchev–Trinajstić information content (AvgIpc) is 3.23. The monoisotopic (exact) mass is 545 g/mol. The Morgan fingerprint density at radius 2 is 1.28 bits per heavy atom. The molecule has 5 rings (SSSR count). The lowest BCUT2D eigenvalue weighted by atomic mass is 9.32. The SMILES string of the molecule is CC(CCC(O)C(O)C(O)CN)[C@H]1CC[C@@]2(C)C1CC[C@]1(C)C2CCC2[C@@]3(C)CCCC(C)(C)C3CC[C@]21C. The van der Waals surface area contributed by atoms with Crippen molar-refractivity contribution in [2.24, 2.45) is 68.3 Å². The van der Waals surface area contributed by atoms with Crippen molar-refractivity contribution < 1.29 is 15.3 Å². The van der Waals surface area contributed by atoms with E-state index in [1.165, 1.54) is 70.6 Å². The van der Waals surface area contributed by atoms with E-state index >= 15 is 0 Å². The lowest BCUT2D eigenvalue weighted by Crippen LogP contribution is -2.65. The zero-order valence-electron chi connectivity index (χ0n) is 26.5. The number of rotatable bonds is 7. The lowest BCUT2D eigenvalue weighted by molar-refractivity contribution is -0.241. The molecule has 5 saturated carbocycles. The molecule has 8 unspecified atom stereocenters. The summed E-state index contributed by atoms with van der Waals surface area (Å²) in [4.78, 5) is 0. The van der Waals surface area contributed by atoms with Crippen LogP contribution in [-0.4, -0.2) is 40.2 Å². The van der Waals surface area contributed by atoms with Gasteiger partial charge in [-0.2, -0.15) is 0 Å². The van der Waals surface area contributed by atoms with Gasteiger partial charge in [0.15, 0.2) is 0 Å². The van der Waals surface area contributed by atoms with Crippen molar-refractivity contribution in [2.75, 3.05) is 6.54 Å². The van der Waals surface area contributed by atoms with Gasteiger partial charge in [0.05, 0.1) is 12.2 Å². The van der Waals surface area contributed by atoms with Crippen LogP contribution in [0.1, 0.15) is 132 Å². The molecule has 5 fully saturated rings. The van der Waals surface area contributed by atoms with E-state index < -0.39 is 18.3 Å². The van der Waals surface area contributed by atoms with Gasteiger partial charge in [0.1, 0.15) is 6.10 Å². The molecule has 0 saturated heterocycles. The number of hydrogen-bond donors (Lipinski definition) is 4. The number of hydrogen-bond acceptors (Lipinski definition) is 4. The fraction of sp³-hybridized carbons (Fsp3) is 1.00. The second-order valence-corrected chi connectivity index (χ2v) is 17.2. The van der Waals surface area contributed by atoms with Crippen molar-refractivity contribution in [1.29, 1.82) is 0 Å². The Morgan fingerprint density at radius 3 is 1.92 bits per heavy atom. The van der Waals surface area contributed by atoms with E-state index in [2.05, 4.69) is 48.5 Å². The van der Waals surface area contributed by atoms with Crippen molar-refractivity contribution in [3.63, 3.8) is 0 Å². The third-order valence-electron chi connectivity index (χ3n) is 15.4. The van der Waals surface area contributed by atoms with Gasteiger partial charge in [-0.25, -0.2) is 0 Å². The molecule has 4 heteroatoms. The molecule has 5 aliphatic carbocycles. The fourth-order valence-electron chi connectivity index (χ4n) is 13.2. The summed E-state index contributed by atoms with van der Waals surface area (Å²) in [6, 6.07) is 0. The summed E-state index contributed by atoms with van der Waals surface area (Å²) in [5.41, 5.74) is 7.83. The van der Waals surface area contributed by atoms with Gasteiger partial charge in [0.2, 0.25) is 0 Å². The third kappa shape index (κ3) is 4.42. The van der Waals surface area contributed by atoms with Crippen LogP contribution in [0.5, 0.6) is 0 Å². The van der Waals surface area contributed by atoms with Crippen LogP contribution in [0.25, 0.3) is 0 Å². The minimum Gasteiger partial charge on any atom is -0.390 e. The van der Waals surface area contributed by atoms with Gasteiger partial charge in [-0.15, -0.1) is 0 Å². The molecular formula is C35H63NO3. The van der Waals surface area contributed by atoms with Crippen molar-refractivity contribution in [1.82, 2.24) is 0 Å². The van der Waals surface area contributed by atoms with E-state index in [9.17, 15) is 15.3 Å². The Morgan fingerprint density at radius 1 is 0.667 bits per heavy atom. The molecule has 13 atom stereocenters. The van der Waals surface area contributed by atoms with Gasteiger partial charge < -0.3 is 21.1 Å². The first-order valence-electron chi connectivity index (χ1n) is 16.9. The normalized spacial score (nSPS) is 50.1. The maximum absolute atomic E-state index is 10.5. The van der Waals surface area contributed by atoms with Crippen molar-refractivity contribution in [2.45, 2.75) is 150 Å². The first kappa shape index (κ1) is 30.3. The molecule has 0 spiro atoms. The summed E-state index contributed by atoms with van der Waals surface area (Å²) in [5.74, 6) is 4.61. The summed E-state index contributed by atoms with van der Waals surface area (Å²) < 4.78 is 0. The van der Waals surface area contributed by atoms with Gasteiger partial charge in [-0.1, -0.05) is 54.9 Å². The third-order valence-corrected chi connectivity index (χ3v) is 15.4.